The van der Waals surface area contributed by atoms with Gasteiger partial charge in [-0.1, -0.05) is 30.3 Å². The second-order valence-electron chi connectivity index (χ2n) is 5.06. The molecule has 0 aliphatic heterocycles. The SMILES string of the molecule is Cc1nc2c(cc1-c1ccccc1)c(=O)n(C)c(=O)n2C. The van der Waals surface area contributed by atoms with Gasteiger partial charge in [0.1, 0.15) is 5.65 Å². The lowest BCUT2D eigenvalue weighted by Gasteiger charge is -2.11. The fraction of sp³-hybridized carbons (Fsp3) is 0.188. The molecule has 2 heterocycles. The van der Waals surface area contributed by atoms with Gasteiger partial charge in [-0.2, -0.15) is 0 Å². The van der Waals surface area contributed by atoms with Crippen LogP contribution in [0.15, 0.2) is 46.0 Å². The van der Waals surface area contributed by atoms with Crippen molar-refractivity contribution in [2.24, 2.45) is 14.1 Å². The molecule has 106 valence electrons. The zero-order valence-electron chi connectivity index (χ0n) is 12.1. The maximum atomic E-state index is 12.3. The Balaban J connectivity index is 2.45. The van der Waals surface area contributed by atoms with Gasteiger partial charge in [0.25, 0.3) is 5.56 Å². The molecule has 0 N–H and O–H groups in total. The van der Waals surface area contributed by atoms with E-state index in [-0.39, 0.29) is 11.2 Å². The molecule has 21 heavy (non-hydrogen) atoms. The van der Waals surface area contributed by atoms with Crippen molar-refractivity contribution in [1.29, 1.82) is 0 Å². The zero-order chi connectivity index (χ0) is 15.1. The molecule has 0 unspecified atom stereocenters. The number of rotatable bonds is 1. The Morgan fingerprint density at radius 3 is 2.33 bits per heavy atom. The van der Waals surface area contributed by atoms with Crippen LogP contribution < -0.4 is 11.2 Å². The van der Waals surface area contributed by atoms with E-state index in [1.807, 2.05) is 43.3 Å². The lowest BCUT2D eigenvalue weighted by atomic mass is 10.0. The standard InChI is InChI=1S/C16H15N3O2/c1-10-12(11-7-5-4-6-8-11)9-13-14(17-10)18(2)16(21)19(3)15(13)20/h4-9H,1-3H3. The van der Waals surface area contributed by atoms with Gasteiger partial charge in [-0.15, -0.1) is 0 Å². The van der Waals surface area contributed by atoms with Crippen LogP contribution in [-0.2, 0) is 14.1 Å². The van der Waals surface area contributed by atoms with Crippen LogP contribution in [0.4, 0.5) is 0 Å². The Morgan fingerprint density at radius 2 is 1.67 bits per heavy atom. The molecular weight excluding hydrogens is 266 g/mol. The van der Waals surface area contributed by atoms with E-state index in [1.165, 1.54) is 11.6 Å². The van der Waals surface area contributed by atoms with Crippen LogP contribution in [0.3, 0.4) is 0 Å². The van der Waals surface area contributed by atoms with Crippen molar-refractivity contribution in [3.8, 4) is 11.1 Å². The molecule has 0 amide bonds. The minimum Gasteiger partial charge on any atom is -0.280 e. The molecular formula is C16H15N3O2. The molecule has 0 saturated carbocycles. The van der Waals surface area contributed by atoms with Crippen molar-refractivity contribution in [2.45, 2.75) is 6.92 Å². The highest BCUT2D eigenvalue weighted by molar-refractivity contribution is 5.82. The molecule has 0 radical (unpaired) electrons. The lowest BCUT2D eigenvalue weighted by Crippen LogP contribution is -2.37. The van der Waals surface area contributed by atoms with Crippen molar-refractivity contribution in [1.82, 2.24) is 14.1 Å². The van der Waals surface area contributed by atoms with Gasteiger partial charge in [0.15, 0.2) is 0 Å². The Bertz CT molecular complexity index is 953. The number of hydrogen-bond acceptors (Lipinski definition) is 3. The lowest BCUT2D eigenvalue weighted by molar-refractivity contribution is 0.707. The molecule has 3 rings (SSSR count). The number of nitrogens with zero attached hydrogens (tertiary/aromatic N) is 3. The quantitative estimate of drug-likeness (QED) is 0.681. The molecule has 0 fully saturated rings. The Hall–Kier alpha value is -2.69. The number of fused-ring (bicyclic) bond motifs is 1. The predicted octanol–water partition coefficient (Wildman–Crippen LogP) is 1.61. The molecule has 0 aliphatic carbocycles. The first-order valence-electron chi connectivity index (χ1n) is 6.63. The van der Waals surface area contributed by atoms with Crippen molar-refractivity contribution in [2.75, 3.05) is 0 Å². The average Bonchev–Trinajstić information content (AvgIpc) is 2.51. The summed E-state index contributed by atoms with van der Waals surface area (Å²) in [5, 5.41) is 0.448. The highest BCUT2D eigenvalue weighted by atomic mass is 16.2. The van der Waals surface area contributed by atoms with Crippen molar-refractivity contribution in [3.05, 3.63) is 62.9 Å². The fourth-order valence-electron chi connectivity index (χ4n) is 2.50. The monoisotopic (exact) mass is 281 g/mol. The molecule has 2 aromatic heterocycles. The molecule has 0 spiro atoms. The maximum Gasteiger partial charge on any atom is 0.332 e. The topological polar surface area (TPSA) is 56.9 Å². The van der Waals surface area contributed by atoms with E-state index < -0.39 is 0 Å². The smallest absolute Gasteiger partial charge is 0.280 e. The van der Waals surface area contributed by atoms with E-state index in [1.54, 1.807) is 7.05 Å². The third kappa shape index (κ3) is 1.98. The van der Waals surface area contributed by atoms with Crippen LogP contribution in [-0.4, -0.2) is 14.1 Å². The van der Waals surface area contributed by atoms with Crippen LogP contribution in [0.1, 0.15) is 5.69 Å². The summed E-state index contributed by atoms with van der Waals surface area (Å²) in [7, 11) is 3.10. The van der Waals surface area contributed by atoms with E-state index in [2.05, 4.69) is 4.98 Å². The summed E-state index contributed by atoms with van der Waals surface area (Å²) in [6.07, 6.45) is 0. The third-order valence-electron chi connectivity index (χ3n) is 3.70. The second-order valence-corrected chi connectivity index (χ2v) is 5.06. The minimum atomic E-state index is -0.369. The Labute approximate surface area is 121 Å². The van der Waals surface area contributed by atoms with Gasteiger partial charge < -0.3 is 0 Å². The zero-order valence-corrected chi connectivity index (χ0v) is 12.1. The molecule has 5 nitrogen and oxygen atoms in total. The first kappa shape index (κ1) is 13.3. The summed E-state index contributed by atoms with van der Waals surface area (Å²) >= 11 is 0. The molecule has 0 atom stereocenters. The average molecular weight is 281 g/mol. The largest absolute Gasteiger partial charge is 0.332 e. The van der Waals surface area contributed by atoms with Gasteiger partial charge in [0, 0.05) is 25.4 Å². The summed E-state index contributed by atoms with van der Waals surface area (Å²) < 4.78 is 2.51. The van der Waals surface area contributed by atoms with Gasteiger partial charge in [-0.3, -0.25) is 13.9 Å². The summed E-state index contributed by atoms with van der Waals surface area (Å²) in [4.78, 5) is 28.7. The van der Waals surface area contributed by atoms with Gasteiger partial charge in [0.2, 0.25) is 0 Å². The molecule has 1 aromatic carbocycles. The fourth-order valence-corrected chi connectivity index (χ4v) is 2.50. The van der Waals surface area contributed by atoms with Gasteiger partial charge in [0.05, 0.1) is 5.39 Å². The maximum absolute atomic E-state index is 12.3. The Morgan fingerprint density at radius 1 is 1.00 bits per heavy atom. The Kier molecular flexibility index (Phi) is 2.97. The van der Waals surface area contributed by atoms with E-state index in [0.29, 0.717) is 11.0 Å². The summed E-state index contributed by atoms with van der Waals surface area (Å²) in [5.41, 5.74) is 2.42. The summed E-state index contributed by atoms with van der Waals surface area (Å²) in [5.74, 6) is 0. The second kappa shape index (κ2) is 4.70. The number of hydrogen-bond donors (Lipinski definition) is 0. The predicted molar refractivity (Wildman–Crippen MR) is 82.4 cm³/mol. The number of benzene rings is 1. The molecule has 5 heteroatoms. The van der Waals surface area contributed by atoms with Gasteiger partial charge in [-0.05, 0) is 18.6 Å². The first-order valence-corrected chi connectivity index (χ1v) is 6.63. The highest BCUT2D eigenvalue weighted by Gasteiger charge is 2.13. The molecule has 3 aromatic rings. The van der Waals surface area contributed by atoms with Crippen LogP contribution in [0.2, 0.25) is 0 Å². The summed E-state index contributed by atoms with van der Waals surface area (Å²) in [6, 6.07) is 11.6. The third-order valence-corrected chi connectivity index (χ3v) is 3.70. The van der Waals surface area contributed by atoms with Crippen LogP contribution >= 0.6 is 0 Å². The van der Waals surface area contributed by atoms with E-state index in [9.17, 15) is 9.59 Å². The number of aromatic nitrogens is 3. The first-order chi connectivity index (χ1) is 10.0. The van der Waals surface area contributed by atoms with Crippen molar-refractivity contribution < 1.29 is 0 Å². The van der Waals surface area contributed by atoms with Crippen LogP contribution in [0.25, 0.3) is 22.2 Å². The van der Waals surface area contributed by atoms with Crippen LogP contribution in [0, 0.1) is 6.92 Å². The number of aryl methyl sites for hydroxylation is 2. The molecule has 0 aliphatic rings. The normalized spacial score (nSPS) is 11.0. The molecule has 0 saturated heterocycles. The minimum absolute atomic E-state index is 0.321. The van der Waals surface area contributed by atoms with Crippen molar-refractivity contribution >= 4 is 11.0 Å². The highest BCUT2D eigenvalue weighted by Crippen LogP contribution is 2.24. The number of pyridine rings is 1. The summed E-state index contributed by atoms with van der Waals surface area (Å²) in [6.45, 7) is 1.88. The van der Waals surface area contributed by atoms with Gasteiger partial charge >= 0.3 is 5.69 Å². The molecule has 0 bridgehead atoms. The van der Waals surface area contributed by atoms with E-state index >= 15 is 0 Å². The van der Waals surface area contributed by atoms with E-state index in [0.717, 1.165) is 21.4 Å². The van der Waals surface area contributed by atoms with E-state index in [4.69, 9.17) is 0 Å². The van der Waals surface area contributed by atoms with Crippen LogP contribution in [0.5, 0.6) is 0 Å². The van der Waals surface area contributed by atoms with Crippen molar-refractivity contribution in [3.63, 3.8) is 0 Å². The van der Waals surface area contributed by atoms with Gasteiger partial charge in [-0.25, -0.2) is 9.78 Å².